The standard InChI is InChI=1S/C15H13F3N2O/c1-9-2-3-10(6-13(9)17)19-8-15(21)20-11-4-5-12(16)14(18)7-11/h2-7,19H,8H2,1H3,(H,20,21). The van der Waals surface area contributed by atoms with Gasteiger partial charge in [-0.2, -0.15) is 0 Å². The number of carbonyl (C=O) groups is 1. The second-order valence-corrected chi connectivity index (χ2v) is 4.49. The molecule has 0 aliphatic carbocycles. The summed E-state index contributed by atoms with van der Waals surface area (Å²) >= 11 is 0. The van der Waals surface area contributed by atoms with E-state index in [1.54, 1.807) is 19.1 Å². The molecule has 21 heavy (non-hydrogen) atoms. The van der Waals surface area contributed by atoms with Crippen molar-refractivity contribution in [2.45, 2.75) is 6.92 Å². The molecule has 0 aliphatic heterocycles. The topological polar surface area (TPSA) is 41.1 Å². The van der Waals surface area contributed by atoms with E-state index in [1.807, 2.05) is 0 Å². The fraction of sp³-hybridized carbons (Fsp3) is 0.133. The zero-order chi connectivity index (χ0) is 15.4. The lowest BCUT2D eigenvalue weighted by Crippen LogP contribution is -2.21. The molecule has 0 saturated heterocycles. The molecule has 0 radical (unpaired) electrons. The first-order valence-electron chi connectivity index (χ1n) is 6.20. The molecule has 0 fully saturated rings. The number of anilines is 2. The lowest BCUT2D eigenvalue weighted by Gasteiger charge is -2.09. The Morgan fingerprint density at radius 2 is 1.62 bits per heavy atom. The van der Waals surface area contributed by atoms with Crippen molar-refractivity contribution in [3.63, 3.8) is 0 Å². The van der Waals surface area contributed by atoms with Gasteiger partial charge < -0.3 is 10.6 Å². The Labute approximate surface area is 119 Å². The van der Waals surface area contributed by atoms with Crippen molar-refractivity contribution in [2.75, 3.05) is 17.2 Å². The molecule has 6 heteroatoms. The smallest absolute Gasteiger partial charge is 0.243 e. The highest BCUT2D eigenvalue weighted by molar-refractivity contribution is 5.93. The molecule has 1 amide bonds. The Morgan fingerprint density at radius 3 is 2.29 bits per heavy atom. The number of halogens is 3. The van der Waals surface area contributed by atoms with E-state index in [0.717, 1.165) is 12.1 Å². The highest BCUT2D eigenvalue weighted by Crippen LogP contribution is 2.14. The number of hydrogen-bond acceptors (Lipinski definition) is 2. The van der Waals surface area contributed by atoms with Gasteiger partial charge >= 0.3 is 0 Å². The van der Waals surface area contributed by atoms with Gasteiger partial charge in [-0.15, -0.1) is 0 Å². The maximum atomic E-state index is 13.3. The van der Waals surface area contributed by atoms with Crippen LogP contribution in [0.1, 0.15) is 5.56 Å². The van der Waals surface area contributed by atoms with E-state index < -0.39 is 17.5 Å². The zero-order valence-electron chi connectivity index (χ0n) is 11.2. The Kier molecular flexibility index (Phi) is 4.47. The molecule has 3 nitrogen and oxygen atoms in total. The highest BCUT2D eigenvalue weighted by atomic mass is 19.2. The maximum absolute atomic E-state index is 13.3. The molecule has 0 spiro atoms. The minimum Gasteiger partial charge on any atom is -0.376 e. The van der Waals surface area contributed by atoms with Crippen molar-refractivity contribution in [1.82, 2.24) is 0 Å². The summed E-state index contributed by atoms with van der Waals surface area (Å²) in [7, 11) is 0. The van der Waals surface area contributed by atoms with Gasteiger partial charge in [0.15, 0.2) is 11.6 Å². The van der Waals surface area contributed by atoms with Gasteiger partial charge in [0.1, 0.15) is 5.82 Å². The normalized spacial score (nSPS) is 10.3. The molecule has 0 saturated carbocycles. The number of hydrogen-bond donors (Lipinski definition) is 2. The third-order valence-electron chi connectivity index (χ3n) is 2.83. The van der Waals surface area contributed by atoms with Crippen molar-refractivity contribution >= 4 is 17.3 Å². The maximum Gasteiger partial charge on any atom is 0.243 e. The van der Waals surface area contributed by atoms with Crippen molar-refractivity contribution in [3.8, 4) is 0 Å². The van der Waals surface area contributed by atoms with Crippen LogP contribution in [0.25, 0.3) is 0 Å². The molecule has 0 heterocycles. The third kappa shape index (κ3) is 3.98. The van der Waals surface area contributed by atoms with E-state index in [2.05, 4.69) is 10.6 Å². The minimum absolute atomic E-state index is 0.124. The Morgan fingerprint density at radius 1 is 0.952 bits per heavy atom. The molecule has 0 aliphatic rings. The number of amides is 1. The van der Waals surface area contributed by atoms with E-state index in [9.17, 15) is 18.0 Å². The lowest BCUT2D eigenvalue weighted by molar-refractivity contribution is -0.114. The van der Waals surface area contributed by atoms with Gasteiger partial charge in [-0.25, -0.2) is 13.2 Å². The van der Waals surface area contributed by atoms with Crippen molar-refractivity contribution in [1.29, 1.82) is 0 Å². The van der Waals surface area contributed by atoms with Gasteiger partial charge in [0.25, 0.3) is 0 Å². The summed E-state index contributed by atoms with van der Waals surface area (Å²) in [4.78, 5) is 11.7. The van der Waals surface area contributed by atoms with E-state index in [1.165, 1.54) is 12.1 Å². The predicted octanol–water partition coefficient (Wildman–Crippen LogP) is 3.46. The molecular formula is C15H13F3N2O. The van der Waals surface area contributed by atoms with Gasteiger partial charge in [-0.3, -0.25) is 4.79 Å². The monoisotopic (exact) mass is 294 g/mol. The summed E-state index contributed by atoms with van der Waals surface area (Å²) in [6, 6.07) is 7.57. The SMILES string of the molecule is Cc1ccc(NCC(=O)Nc2ccc(F)c(F)c2)cc1F. The average molecular weight is 294 g/mol. The van der Waals surface area contributed by atoms with Crippen LogP contribution in [-0.4, -0.2) is 12.5 Å². The quantitative estimate of drug-likeness (QED) is 0.906. The van der Waals surface area contributed by atoms with E-state index >= 15 is 0 Å². The number of nitrogens with one attached hydrogen (secondary N) is 2. The summed E-state index contributed by atoms with van der Waals surface area (Å²) < 4.78 is 39.0. The fourth-order valence-electron chi connectivity index (χ4n) is 1.66. The summed E-state index contributed by atoms with van der Waals surface area (Å²) in [5.41, 5.74) is 1.11. The first-order chi connectivity index (χ1) is 9.95. The number of benzene rings is 2. The van der Waals surface area contributed by atoms with Crippen LogP contribution < -0.4 is 10.6 Å². The summed E-state index contributed by atoms with van der Waals surface area (Å²) in [5.74, 6) is -2.86. The largest absolute Gasteiger partial charge is 0.376 e. The van der Waals surface area contributed by atoms with Crippen LogP contribution in [-0.2, 0) is 4.79 Å². The molecule has 2 aromatic carbocycles. The second kappa shape index (κ2) is 6.30. The summed E-state index contributed by atoms with van der Waals surface area (Å²) in [6.07, 6.45) is 0. The van der Waals surface area contributed by atoms with E-state index in [-0.39, 0.29) is 18.0 Å². The Hall–Kier alpha value is -2.50. The second-order valence-electron chi connectivity index (χ2n) is 4.49. The van der Waals surface area contributed by atoms with Gasteiger partial charge in [0.05, 0.1) is 6.54 Å². The van der Waals surface area contributed by atoms with Crippen LogP contribution >= 0.6 is 0 Å². The van der Waals surface area contributed by atoms with Crippen LogP contribution in [0.5, 0.6) is 0 Å². The van der Waals surface area contributed by atoms with Crippen molar-refractivity contribution in [2.24, 2.45) is 0 Å². The molecule has 0 bridgehead atoms. The number of rotatable bonds is 4. The highest BCUT2D eigenvalue weighted by Gasteiger charge is 2.06. The molecule has 0 aromatic heterocycles. The summed E-state index contributed by atoms with van der Waals surface area (Å²) in [5, 5.41) is 5.14. The molecule has 0 unspecified atom stereocenters. The fourth-order valence-corrected chi connectivity index (χ4v) is 1.66. The third-order valence-corrected chi connectivity index (χ3v) is 2.83. The summed E-state index contributed by atoms with van der Waals surface area (Å²) in [6.45, 7) is 1.51. The molecule has 2 aromatic rings. The van der Waals surface area contributed by atoms with Crippen molar-refractivity contribution in [3.05, 3.63) is 59.4 Å². The van der Waals surface area contributed by atoms with Crippen LogP contribution in [0.2, 0.25) is 0 Å². The number of aryl methyl sites for hydroxylation is 1. The molecular weight excluding hydrogens is 281 g/mol. The van der Waals surface area contributed by atoms with Crippen LogP contribution in [0.3, 0.4) is 0 Å². The minimum atomic E-state index is -1.04. The van der Waals surface area contributed by atoms with Gasteiger partial charge in [0.2, 0.25) is 5.91 Å². The first kappa shape index (κ1) is 14.9. The zero-order valence-corrected chi connectivity index (χ0v) is 11.2. The number of carbonyl (C=O) groups excluding carboxylic acids is 1. The Bertz CT molecular complexity index is 674. The average Bonchev–Trinajstić information content (AvgIpc) is 2.44. The molecule has 110 valence electrons. The van der Waals surface area contributed by atoms with Crippen molar-refractivity contribution < 1.29 is 18.0 Å². The first-order valence-corrected chi connectivity index (χ1v) is 6.20. The Balaban J connectivity index is 1.92. The van der Waals surface area contributed by atoms with Gasteiger partial charge in [-0.1, -0.05) is 6.07 Å². The van der Waals surface area contributed by atoms with Gasteiger partial charge in [-0.05, 0) is 36.8 Å². The lowest BCUT2D eigenvalue weighted by atomic mass is 10.2. The van der Waals surface area contributed by atoms with Gasteiger partial charge in [0, 0.05) is 17.4 Å². The van der Waals surface area contributed by atoms with E-state index in [4.69, 9.17) is 0 Å². The van der Waals surface area contributed by atoms with Crippen LogP contribution in [0.4, 0.5) is 24.5 Å². The van der Waals surface area contributed by atoms with Crippen LogP contribution in [0, 0.1) is 24.4 Å². The molecule has 2 rings (SSSR count). The molecule has 0 atom stereocenters. The van der Waals surface area contributed by atoms with E-state index in [0.29, 0.717) is 11.3 Å². The molecule has 2 N–H and O–H groups in total. The predicted molar refractivity (Wildman–Crippen MR) is 74.6 cm³/mol. The van der Waals surface area contributed by atoms with Crippen LogP contribution in [0.15, 0.2) is 36.4 Å².